The highest BCUT2D eigenvalue weighted by molar-refractivity contribution is 6.00. The van der Waals surface area contributed by atoms with Crippen molar-refractivity contribution in [2.45, 2.75) is 31.0 Å². The first-order chi connectivity index (χ1) is 18.5. The van der Waals surface area contributed by atoms with Crippen LogP contribution >= 0.6 is 0 Å². The number of methoxy groups -OCH3 is 1. The number of ether oxygens (including phenoxy) is 3. The largest absolute Gasteiger partial charge is 0.497 e. The van der Waals surface area contributed by atoms with Crippen molar-refractivity contribution in [2.24, 2.45) is 15.8 Å². The van der Waals surface area contributed by atoms with Gasteiger partial charge in [0.15, 0.2) is 11.6 Å². The fourth-order valence-corrected chi connectivity index (χ4v) is 4.39. The zero-order valence-corrected chi connectivity index (χ0v) is 21.0. The van der Waals surface area contributed by atoms with E-state index in [-0.39, 0.29) is 25.5 Å². The fourth-order valence-electron chi connectivity index (χ4n) is 4.39. The molecule has 0 aliphatic carbocycles. The van der Waals surface area contributed by atoms with Gasteiger partial charge in [0, 0.05) is 29.9 Å². The third kappa shape index (κ3) is 5.72. The monoisotopic (exact) mass is 515 g/mol. The van der Waals surface area contributed by atoms with Crippen molar-refractivity contribution >= 4 is 11.8 Å². The van der Waals surface area contributed by atoms with Crippen LogP contribution in [0.4, 0.5) is 0 Å². The van der Waals surface area contributed by atoms with Crippen molar-refractivity contribution in [3.63, 3.8) is 0 Å². The second-order valence-electron chi connectivity index (χ2n) is 8.76. The Hall–Kier alpha value is -4.53. The first-order valence-corrected chi connectivity index (χ1v) is 12.1. The lowest BCUT2D eigenvalue weighted by atomic mass is 9.81. The van der Waals surface area contributed by atoms with E-state index in [0.717, 1.165) is 11.1 Å². The smallest absolute Gasteiger partial charge is 0.250 e. The minimum Gasteiger partial charge on any atom is -0.497 e. The quantitative estimate of drug-likeness (QED) is 0.160. The molecule has 1 amide bonds. The standard InChI is InChI=1S/C28H29N5O5/c1-36-24-9-4-8-20(16-24)25-28(27(29)35,17-21-6-2-3-7-22(21)18-31-33-30)32-26(38-25)19-10-12-23(13-11-19)37-15-5-14-34/h2-4,6-13,16,25,34H,5,14-15,17-18H2,1H3,(H2,29,35)/t25-,28-/m1/s1. The van der Waals surface area contributed by atoms with E-state index in [1.807, 2.05) is 36.4 Å². The van der Waals surface area contributed by atoms with Gasteiger partial charge >= 0.3 is 0 Å². The van der Waals surface area contributed by atoms with Crippen molar-refractivity contribution < 1.29 is 24.1 Å². The van der Waals surface area contributed by atoms with Crippen LogP contribution in [0.25, 0.3) is 10.4 Å². The molecule has 10 nitrogen and oxygen atoms in total. The van der Waals surface area contributed by atoms with Gasteiger partial charge in [-0.3, -0.25) is 4.79 Å². The molecule has 1 aliphatic rings. The third-order valence-corrected chi connectivity index (χ3v) is 6.34. The number of azide groups is 1. The number of hydrogen-bond donors (Lipinski definition) is 2. The highest BCUT2D eigenvalue weighted by Crippen LogP contribution is 2.43. The molecule has 1 aliphatic heterocycles. The number of nitrogens with two attached hydrogens (primary N) is 1. The molecule has 38 heavy (non-hydrogen) atoms. The number of aliphatic imine (C=N–C) groups is 1. The molecule has 1 heterocycles. The van der Waals surface area contributed by atoms with Crippen LogP contribution in [-0.2, 0) is 22.5 Å². The van der Waals surface area contributed by atoms with Crippen molar-refractivity contribution in [3.05, 3.63) is 105 Å². The number of rotatable bonds is 12. The predicted octanol–water partition coefficient (Wildman–Crippen LogP) is 4.25. The van der Waals surface area contributed by atoms with E-state index in [1.54, 1.807) is 43.5 Å². The van der Waals surface area contributed by atoms with Gasteiger partial charge in [0.25, 0.3) is 0 Å². The molecule has 196 valence electrons. The Kier molecular flexibility index (Phi) is 8.47. The first kappa shape index (κ1) is 26.5. The van der Waals surface area contributed by atoms with Crippen molar-refractivity contribution in [1.82, 2.24) is 0 Å². The second kappa shape index (κ2) is 12.1. The van der Waals surface area contributed by atoms with Crippen LogP contribution in [0.2, 0.25) is 0 Å². The molecule has 0 fully saturated rings. The molecule has 3 N–H and O–H groups in total. The van der Waals surface area contributed by atoms with E-state index >= 15 is 0 Å². The maximum absolute atomic E-state index is 13.3. The average Bonchev–Trinajstić information content (AvgIpc) is 3.34. The fraction of sp³-hybridized carbons (Fsp3) is 0.286. The van der Waals surface area contributed by atoms with Gasteiger partial charge in [-0.05, 0) is 58.6 Å². The Balaban J connectivity index is 1.77. The summed E-state index contributed by atoms with van der Waals surface area (Å²) >= 11 is 0. The molecule has 0 bridgehead atoms. The summed E-state index contributed by atoms with van der Waals surface area (Å²) in [6, 6.07) is 21.8. The summed E-state index contributed by atoms with van der Waals surface area (Å²) in [4.78, 5) is 20.9. The normalized spacial score (nSPS) is 18.2. The van der Waals surface area contributed by atoms with Crippen molar-refractivity contribution in [1.29, 1.82) is 0 Å². The molecule has 4 rings (SSSR count). The van der Waals surface area contributed by atoms with Crippen LogP contribution in [0, 0.1) is 0 Å². The lowest BCUT2D eigenvalue weighted by molar-refractivity contribution is -0.125. The minimum atomic E-state index is -1.48. The van der Waals surface area contributed by atoms with E-state index in [0.29, 0.717) is 35.7 Å². The Bertz CT molecular complexity index is 1350. The number of amides is 1. The van der Waals surface area contributed by atoms with Gasteiger partial charge in [-0.2, -0.15) is 0 Å². The lowest BCUT2D eigenvalue weighted by Gasteiger charge is -2.29. The molecular weight excluding hydrogens is 486 g/mol. The van der Waals surface area contributed by atoms with E-state index in [1.165, 1.54) is 0 Å². The zero-order chi connectivity index (χ0) is 27.0. The summed E-state index contributed by atoms with van der Waals surface area (Å²) < 4.78 is 17.4. The van der Waals surface area contributed by atoms with Gasteiger partial charge < -0.3 is 25.1 Å². The summed E-state index contributed by atoms with van der Waals surface area (Å²) in [6.45, 7) is 0.571. The van der Waals surface area contributed by atoms with E-state index in [9.17, 15) is 4.79 Å². The van der Waals surface area contributed by atoms with Crippen LogP contribution in [0.5, 0.6) is 11.5 Å². The highest BCUT2D eigenvalue weighted by atomic mass is 16.5. The van der Waals surface area contributed by atoms with Gasteiger partial charge in [0.05, 0.1) is 20.3 Å². The summed E-state index contributed by atoms with van der Waals surface area (Å²) in [5.41, 5.74) is 16.3. The summed E-state index contributed by atoms with van der Waals surface area (Å²) in [6.07, 6.45) is -0.173. The average molecular weight is 516 g/mol. The zero-order valence-electron chi connectivity index (χ0n) is 21.0. The Morgan fingerprint density at radius 1 is 1.13 bits per heavy atom. The van der Waals surface area contributed by atoms with Crippen molar-refractivity contribution in [2.75, 3.05) is 20.3 Å². The second-order valence-corrected chi connectivity index (χ2v) is 8.76. The topological polar surface area (TPSA) is 152 Å². The van der Waals surface area contributed by atoms with Crippen LogP contribution < -0.4 is 15.2 Å². The number of carbonyl (C=O) groups excluding carboxylic acids is 1. The van der Waals surface area contributed by atoms with Gasteiger partial charge in [0.1, 0.15) is 11.5 Å². The van der Waals surface area contributed by atoms with Gasteiger partial charge in [0.2, 0.25) is 11.8 Å². The molecule has 0 radical (unpaired) electrons. The number of aliphatic hydroxyl groups excluding tert-OH is 1. The molecule has 10 heteroatoms. The molecule has 3 aromatic rings. The summed E-state index contributed by atoms with van der Waals surface area (Å²) in [7, 11) is 1.56. The molecule has 0 saturated heterocycles. The highest BCUT2D eigenvalue weighted by Gasteiger charge is 2.52. The summed E-state index contributed by atoms with van der Waals surface area (Å²) in [5, 5.41) is 12.7. The number of benzene rings is 3. The van der Waals surface area contributed by atoms with Crippen LogP contribution in [0.1, 0.15) is 34.8 Å². The van der Waals surface area contributed by atoms with Crippen molar-refractivity contribution in [3.8, 4) is 11.5 Å². The van der Waals surface area contributed by atoms with Gasteiger partial charge in [-0.15, -0.1) is 0 Å². The minimum absolute atomic E-state index is 0.0512. The molecule has 0 spiro atoms. The van der Waals surface area contributed by atoms with E-state index in [4.69, 9.17) is 35.6 Å². The van der Waals surface area contributed by atoms with Crippen LogP contribution in [-0.4, -0.2) is 42.8 Å². The Morgan fingerprint density at radius 3 is 2.58 bits per heavy atom. The summed E-state index contributed by atoms with van der Waals surface area (Å²) in [5.74, 6) is 0.860. The molecule has 0 aromatic heterocycles. The number of carbonyl (C=O) groups is 1. The van der Waals surface area contributed by atoms with Gasteiger partial charge in [-0.25, -0.2) is 4.99 Å². The first-order valence-electron chi connectivity index (χ1n) is 12.1. The Morgan fingerprint density at radius 2 is 1.89 bits per heavy atom. The van der Waals surface area contributed by atoms with E-state index < -0.39 is 17.6 Å². The molecule has 2 atom stereocenters. The third-order valence-electron chi connectivity index (χ3n) is 6.34. The molecule has 3 aromatic carbocycles. The van der Waals surface area contributed by atoms with Crippen LogP contribution in [0.3, 0.4) is 0 Å². The lowest BCUT2D eigenvalue weighted by Crippen LogP contribution is -2.47. The van der Waals surface area contributed by atoms with Crippen LogP contribution in [0.15, 0.2) is 82.9 Å². The van der Waals surface area contributed by atoms with E-state index in [2.05, 4.69) is 10.0 Å². The SMILES string of the molecule is COc1cccc([C@H]2OC(c3ccc(OCCCO)cc3)=N[C@@]2(Cc2ccccc2CN=[N+]=[N-])C(N)=O)c1. The maximum Gasteiger partial charge on any atom is 0.250 e. The van der Waals surface area contributed by atoms with Gasteiger partial charge in [-0.1, -0.05) is 41.5 Å². The molecular formula is C28H29N5O5. The number of aliphatic hydroxyl groups is 1. The number of primary amides is 1. The maximum atomic E-state index is 13.3. The molecule has 0 unspecified atom stereocenters. The molecule has 0 saturated carbocycles. The number of nitrogens with zero attached hydrogens (tertiary/aromatic N) is 4. The Labute approximate surface area is 220 Å². The predicted molar refractivity (Wildman–Crippen MR) is 142 cm³/mol. The number of hydrogen-bond acceptors (Lipinski definition) is 7.